The second-order valence-electron chi connectivity index (χ2n) is 14.8. The Labute approximate surface area is 319 Å². The summed E-state index contributed by atoms with van der Waals surface area (Å²) in [5, 5.41) is 35.7. The Kier molecular flexibility index (Phi) is 16.8. The standard InChI is InChI=1S/C35H56N8O12/c1-19(2)16-23(33(52)43-15-7-11-26(43)35(54)55)40-30(49)21(17-27(44)45)38-29(48)22(18-28(46)47)39-31(50)24-9-5-13-41(24)34(53)25-10-6-14-42(25)32(51)20(37)8-3-4-12-36/h19-26H,3-18,36-37H2,1-2H3,(H,38,48)(H,39,50)(H,40,49)(H,44,45)(H,46,47)(H,54,55)/t20-,21-,22-,23-,24-,25-,26-/m0/s1. The minimum Gasteiger partial charge on any atom is -0.481 e. The molecular formula is C35H56N8O12. The van der Waals surface area contributed by atoms with E-state index in [4.69, 9.17) is 11.5 Å². The van der Waals surface area contributed by atoms with Crippen LogP contribution in [0.25, 0.3) is 0 Å². The smallest absolute Gasteiger partial charge is 0.326 e. The van der Waals surface area contributed by atoms with Gasteiger partial charge in [-0.2, -0.15) is 0 Å². The van der Waals surface area contributed by atoms with Gasteiger partial charge in [-0.15, -0.1) is 0 Å². The molecule has 0 aromatic carbocycles. The molecular weight excluding hydrogens is 724 g/mol. The van der Waals surface area contributed by atoms with Gasteiger partial charge in [0.05, 0.1) is 18.9 Å². The highest BCUT2D eigenvalue weighted by atomic mass is 16.4. The minimum absolute atomic E-state index is 0.0594. The Morgan fingerprint density at radius 3 is 1.67 bits per heavy atom. The molecule has 0 bridgehead atoms. The van der Waals surface area contributed by atoms with Crippen LogP contribution >= 0.6 is 0 Å². The average Bonchev–Trinajstić information content (AvgIpc) is 3.90. The second-order valence-corrected chi connectivity index (χ2v) is 14.8. The van der Waals surface area contributed by atoms with Crippen LogP contribution in [-0.4, -0.2) is 152 Å². The van der Waals surface area contributed by atoms with Crippen molar-refractivity contribution in [2.24, 2.45) is 17.4 Å². The van der Waals surface area contributed by atoms with Crippen molar-refractivity contribution < 1.29 is 58.5 Å². The number of nitrogens with two attached hydrogens (primary N) is 2. The monoisotopic (exact) mass is 780 g/mol. The molecule has 3 saturated heterocycles. The molecule has 0 unspecified atom stereocenters. The summed E-state index contributed by atoms with van der Waals surface area (Å²) >= 11 is 0. The maximum absolute atomic E-state index is 13.8. The molecule has 6 amide bonds. The summed E-state index contributed by atoms with van der Waals surface area (Å²) in [4.78, 5) is 120. The summed E-state index contributed by atoms with van der Waals surface area (Å²) in [6, 6.07) is -8.80. The van der Waals surface area contributed by atoms with E-state index in [1.165, 1.54) is 9.80 Å². The molecule has 0 aromatic rings. The molecule has 3 heterocycles. The van der Waals surface area contributed by atoms with Gasteiger partial charge in [-0.3, -0.25) is 38.4 Å². The third-order valence-electron chi connectivity index (χ3n) is 10.1. The van der Waals surface area contributed by atoms with Crippen LogP contribution < -0.4 is 27.4 Å². The number of likely N-dealkylation sites (tertiary alicyclic amines) is 3. The number of carboxylic acids is 3. The molecule has 3 aliphatic rings. The molecule has 0 aromatic heterocycles. The van der Waals surface area contributed by atoms with E-state index in [0.717, 1.165) is 4.90 Å². The molecule has 7 atom stereocenters. The van der Waals surface area contributed by atoms with Gasteiger partial charge in [0.2, 0.25) is 35.4 Å². The van der Waals surface area contributed by atoms with E-state index in [-0.39, 0.29) is 44.2 Å². The van der Waals surface area contributed by atoms with Crippen LogP contribution in [0, 0.1) is 5.92 Å². The van der Waals surface area contributed by atoms with Gasteiger partial charge in [-0.25, -0.2) is 4.79 Å². The maximum atomic E-state index is 13.8. The Morgan fingerprint density at radius 2 is 1.15 bits per heavy atom. The van der Waals surface area contributed by atoms with Gasteiger partial charge in [0.1, 0.15) is 36.3 Å². The van der Waals surface area contributed by atoms with Crippen LogP contribution in [0.5, 0.6) is 0 Å². The number of nitrogens with one attached hydrogen (secondary N) is 3. The number of carbonyl (C=O) groups excluding carboxylic acids is 6. The highest BCUT2D eigenvalue weighted by Gasteiger charge is 2.44. The van der Waals surface area contributed by atoms with Gasteiger partial charge in [0, 0.05) is 19.6 Å². The number of rotatable bonds is 20. The first kappa shape index (κ1) is 44.5. The Hall–Kier alpha value is -4.85. The van der Waals surface area contributed by atoms with Crippen LogP contribution in [0.3, 0.4) is 0 Å². The van der Waals surface area contributed by atoms with E-state index >= 15 is 0 Å². The molecule has 0 radical (unpaired) electrons. The molecule has 0 saturated carbocycles. The highest BCUT2D eigenvalue weighted by Crippen LogP contribution is 2.26. The number of nitrogens with zero attached hydrogens (tertiary/aromatic N) is 3. The number of aliphatic carboxylic acids is 3. The number of carbonyl (C=O) groups is 9. The zero-order valence-corrected chi connectivity index (χ0v) is 31.4. The average molecular weight is 781 g/mol. The van der Waals surface area contributed by atoms with E-state index < -0.39 is 103 Å². The Bertz CT molecular complexity index is 1460. The van der Waals surface area contributed by atoms with Gasteiger partial charge in [0.25, 0.3) is 0 Å². The molecule has 20 heteroatoms. The van der Waals surface area contributed by atoms with Crippen molar-refractivity contribution in [3.63, 3.8) is 0 Å². The summed E-state index contributed by atoms with van der Waals surface area (Å²) in [6.07, 6.45) is 1.96. The third-order valence-corrected chi connectivity index (χ3v) is 10.1. The quantitative estimate of drug-likeness (QED) is 0.0617. The lowest BCUT2D eigenvalue weighted by Gasteiger charge is -2.32. The van der Waals surface area contributed by atoms with Crippen LogP contribution in [0.15, 0.2) is 0 Å². The van der Waals surface area contributed by atoms with Crippen LogP contribution in [0.1, 0.15) is 90.9 Å². The van der Waals surface area contributed by atoms with Crippen molar-refractivity contribution in [3.8, 4) is 0 Å². The molecule has 20 nitrogen and oxygen atoms in total. The molecule has 55 heavy (non-hydrogen) atoms. The first-order valence-corrected chi connectivity index (χ1v) is 18.9. The van der Waals surface area contributed by atoms with Crippen LogP contribution in [-0.2, 0) is 43.2 Å². The summed E-state index contributed by atoms with van der Waals surface area (Å²) in [5.41, 5.74) is 11.7. The topological polar surface area (TPSA) is 312 Å². The van der Waals surface area contributed by atoms with Gasteiger partial charge >= 0.3 is 17.9 Å². The fourth-order valence-electron chi connectivity index (χ4n) is 7.39. The van der Waals surface area contributed by atoms with Gasteiger partial charge in [0.15, 0.2) is 0 Å². The van der Waals surface area contributed by atoms with E-state index in [1.807, 2.05) is 0 Å². The van der Waals surface area contributed by atoms with Crippen molar-refractivity contribution in [2.75, 3.05) is 26.2 Å². The first-order chi connectivity index (χ1) is 26.0. The van der Waals surface area contributed by atoms with E-state index in [2.05, 4.69) is 16.0 Å². The molecule has 0 spiro atoms. The van der Waals surface area contributed by atoms with Gasteiger partial charge < -0.3 is 57.4 Å². The van der Waals surface area contributed by atoms with E-state index in [1.54, 1.807) is 13.8 Å². The van der Waals surface area contributed by atoms with Crippen molar-refractivity contribution in [3.05, 3.63) is 0 Å². The molecule has 3 rings (SSSR count). The molecule has 0 aliphatic carbocycles. The van der Waals surface area contributed by atoms with Crippen molar-refractivity contribution in [2.45, 2.75) is 133 Å². The molecule has 3 fully saturated rings. The lowest BCUT2D eigenvalue weighted by Crippen LogP contribution is -2.60. The summed E-state index contributed by atoms with van der Waals surface area (Å²) in [7, 11) is 0. The van der Waals surface area contributed by atoms with Crippen molar-refractivity contribution in [1.82, 2.24) is 30.7 Å². The lowest BCUT2D eigenvalue weighted by molar-refractivity contribution is -0.150. The molecule has 3 aliphatic heterocycles. The summed E-state index contributed by atoms with van der Waals surface area (Å²) < 4.78 is 0. The van der Waals surface area contributed by atoms with Gasteiger partial charge in [-0.05, 0) is 70.3 Å². The number of amides is 6. The highest BCUT2D eigenvalue weighted by molar-refractivity contribution is 5.99. The zero-order chi connectivity index (χ0) is 41.0. The van der Waals surface area contributed by atoms with Crippen LogP contribution in [0.4, 0.5) is 0 Å². The number of hydrogen-bond acceptors (Lipinski definition) is 11. The minimum atomic E-state index is -1.83. The Morgan fingerprint density at radius 1 is 0.655 bits per heavy atom. The predicted octanol–water partition coefficient (Wildman–Crippen LogP) is -2.05. The largest absolute Gasteiger partial charge is 0.481 e. The van der Waals surface area contributed by atoms with E-state index in [9.17, 15) is 58.5 Å². The maximum Gasteiger partial charge on any atom is 0.326 e. The summed E-state index contributed by atoms with van der Waals surface area (Å²) in [6.45, 7) is 4.57. The fourth-order valence-corrected chi connectivity index (χ4v) is 7.39. The number of carboxylic acid groups (broad SMARTS) is 3. The lowest BCUT2D eigenvalue weighted by atomic mass is 10.0. The predicted molar refractivity (Wildman–Crippen MR) is 192 cm³/mol. The first-order valence-electron chi connectivity index (χ1n) is 18.9. The summed E-state index contributed by atoms with van der Waals surface area (Å²) in [5.74, 6) is -9.13. The normalized spacial score (nSPS) is 21.8. The SMILES string of the molecule is CC(C)C[C@H](NC(=O)[C@H](CC(=O)O)NC(=O)[C@H](CC(=O)O)NC(=O)[C@@H]1CCCN1C(=O)[C@@H]1CCCN1C(=O)[C@@H](N)CCCCN)C(=O)N1CCC[C@H]1C(=O)O. The van der Waals surface area contributed by atoms with Crippen molar-refractivity contribution in [1.29, 1.82) is 0 Å². The third kappa shape index (κ3) is 12.3. The van der Waals surface area contributed by atoms with Crippen molar-refractivity contribution >= 4 is 53.4 Å². The number of unbranched alkanes of at least 4 members (excludes halogenated alkanes) is 1. The molecule has 308 valence electrons. The van der Waals surface area contributed by atoms with Gasteiger partial charge in [-0.1, -0.05) is 20.3 Å². The number of hydrogen-bond donors (Lipinski definition) is 8. The molecule has 10 N–H and O–H groups in total. The van der Waals surface area contributed by atoms with Crippen LogP contribution in [0.2, 0.25) is 0 Å². The Balaban J connectivity index is 1.74. The fraction of sp³-hybridized carbons (Fsp3) is 0.743. The second kappa shape index (κ2) is 20.7. The van der Waals surface area contributed by atoms with E-state index in [0.29, 0.717) is 58.0 Å². The zero-order valence-electron chi connectivity index (χ0n) is 31.4.